The molecule has 25 heavy (non-hydrogen) atoms. The van der Waals surface area contributed by atoms with Gasteiger partial charge in [-0.3, -0.25) is 4.72 Å². The van der Waals surface area contributed by atoms with Gasteiger partial charge in [0.1, 0.15) is 0 Å². The molecule has 1 N–H and O–H groups in total. The third kappa shape index (κ3) is 4.25. The lowest BCUT2D eigenvalue weighted by molar-refractivity contribution is 0.601. The summed E-state index contributed by atoms with van der Waals surface area (Å²) in [6, 6.07) is 19.6. The third-order valence-electron chi connectivity index (χ3n) is 3.49. The summed E-state index contributed by atoms with van der Waals surface area (Å²) in [5.41, 5.74) is 2.35. The van der Waals surface area contributed by atoms with Crippen LogP contribution in [0, 0.1) is 18.8 Å². The molecule has 0 saturated carbocycles. The Balaban J connectivity index is 1.91. The highest BCUT2D eigenvalue weighted by Gasteiger charge is 2.16. The molecule has 2 aromatic carbocycles. The lowest BCUT2D eigenvalue weighted by Gasteiger charge is -2.09. The van der Waals surface area contributed by atoms with Crippen LogP contribution in [-0.4, -0.2) is 13.4 Å². The third-order valence-corrected chi connectivity index (χ3v) is 4.84. The van der Waals surface area contributed by atoms with Gasteiger partial charge >= 0.3 is 0 Å². The highest BCUT2D eigenvalue weighted by molar-refractivity contribution is 7.92. The Morgan fingerprint density at radius 2 is 1.60 bits per heavy atom. The Morgan fingerprint density at radius 3 is 2.32 bits per heavy atom. The smallest absolute Gasteiger partial charge is 0.262 e. The number of nitrogens with zero attached hydrogens (tertiary/aromatic N) is 1. The number of rotatable bonds is 3. The summed E-state index contributed by atoms with van der Waals surface area (Å²) in [6.07, 6.45) is 1.53. The van der Waals surface area contributed by atoms with Crippen LogP contribution in [0.1, 0.15) is 16.7 Å². The Labute approximate surface area is 147 Å². The molecule has 0 radical (unpaired) electrons. The van der Waals surface area contributed by atoms with Gasteiger partial charge in [-0.15, -0.1) is 0 Å². The zero-order chi connectivity index (χ0) is 17.7. The first kappa shape index (κ1) is 16.7. The monoisotopic (exact) mass is 348 g/mol. The second-order valence-electron chi connectivity index (χ2n) is 5.43. The highest BCUT2D eigenvalue weighted by Crippen LogP contribution is 2.17. The summed E-state index contributed by atoms with van der Waals surface area (Å²) in [7, 11) is -3.72. The van der Waals surface area contributed by atoms with Crippen LogP contribution in [0.25, 0.3) is 0 Å². The first-order valence-electron chi connectivity index (χ1n) is 7.66. The molecule has 0 saturated heterocycles. The zero-order valence-electron chi connectivity index (χ0n) is 13.6. The van der Waals surface area contributed by atoms with Gasteiger partial charge in [0.25, 0.3) is 10.0 Å². The van der Waals surface area contributed by atoms with Crippen LogP contribution in [0.15, 0.2) is 77.8 Å². The maximum absolute atomic E-state index is 12.5. The molecule has 0 fully saturated rings. The summed E-state index contributed by atoms with van der Waals surface area (Å²) in [5, 5.41) is 0. The second-order valence-corrected chi connectivity index (χ2v) is 7.12. The van der Waals surface area contributed by atoms with Crippen LogP contribution in [0.3, 0.4) is 0 Å². The first-order valence-corrected chi connectivity index (χ1v) is 9.14. The van der Waals surface area contributed by atoms with E-state index in [0.29, 0.717) is 5.56 Å². The molecule has 4 nitrogen and oxygen atoms in total. The molecular weight excluding hydrogens is 332 g/mol. The van der Waals surface area contributed by atoms with Gasteiger partial charge in [0.2, 0.25) is 0 Å². The Morgan fingerprint density at radius 1 is 0.880 bits per heavy atom. The minimum atomic E-state index is -3.72. The summed E-state index contributed by atoms with van der Waals surface area (Å²) in [6.45, 7) is 1.90. The lowest BCUT2D eigenvalue weighted by Crippen LogP contribution is -2.14. The summed E-state index contributed by atoms with van der Waals surface area (Å²) >= 11 is 0. The summed E-state index contributed by atoms with van der Waals surface area (Å²) in [4.78, 5) is 4.31. The van der Waals surface area contributed by atoms with E-state index >= 15 is 0 Å². The second kappa shape index (κ2) is 7.20. The molecule has 0 aliphatic rings. The molecule has 3 rings (SSSR count). The Bertz CT molecular complexity index is 1030. The largest absolute Gasteiger partial charge is 0.263 e. The number of pyridine rings is 1. The summed E-state index contributed by atoms with van der Waals surface area (Å²) in [5.74, 6) is 6.20. The fourth-order valence-corrected chi connectivity index (χ4v) is 3.18. The van der Waals surface area contributed by atoms with Crippen molar-refractivity contribution in [3.8, 4) is 11.8 Å². The van der Waals surface area contributed by atoms with Crippen LogP contribution in [0.2, 0.25) is 0 Å². The molecule has 1 aromatic heterocycles. The topological polar surface area (TPSA) is 59.1 Å². The Hall–Kier alpha value is -3.10. The normalized spacial score (nSPS) is 10.6. The number of hydrogen-bond donors (Lipinski definition) is 1. The molecule has 124 valence electrons. The SMILES string of the molecule is Cc1ccc(S(=O)(=O)Nc2ncccc2C#Cc2ccccc2)cc1. The average Bonchev–Trinajstić information content (AvgIpc) is 2.62. The van der Waals surface area contributed by atoms with Crippen molar-refractivity contribution < 1.29 is 8.42 Å². The van der Waals surface area contributed by atoms with E-state index in [0.717, 1.165) is 11.1 Å². The van der Waals surface area contributed by atoms with Gasteiger partial charge in [0.05, 0.1) is 10.5 Å². The van der Waals surface area contributed by atoms with Crippen molar-refractivity contribution in [2.75, 3.05) is 4.72 Å². The van der Waals surface area contributed by atoms with E-state index in [-0.39, 0.29) is 10.7 Å². The molecule has 0 spiro atoms. The van der Waals surface area contributed by atoms with Crippen molar-refractivity contribution >= 4 is 15.8 Å². The fraction of sp³-hybridized carbons (Fsp3) is 0.0500. The predicted octanol–water partition coefficient (Wildman–Crippen LogP) is 3.59. The standard InChI is InChI=1S/C20H16N2O2S/c1-16-9-13-19(14-10-16)25(23,24)22-20-18(8-5-15-21-20)12-11-17-6-3-2-4-7-17/h2-10,13-15H,1H3,(H,21,22). The minimum Gasteiger partial charge on any atom is -0.262 e. The van der Waals surface area contributed by atoms with Crippen molar-refractivity contribution in [1.29, 1.82) is 0 Å². The van der Waals surface area contributed by atoms with Gasteiger partial charge in [-0.2, -0.15) is 0 Å². The van der Waals surface area contributed by atoms with Gasteiger partial charge in [0, 0.05) is 11.8 Å². The molecule has 0 aliphatic carbocycles. The fourth-order valence-electron chi connectivity index (χ4n) is 2.15. The van der Waals surface area contributed by atoms with Gasteiger partial charge in [-0.25, -0.2) is 13.4 Å². The number of nitrogens with one attached hydrogen (secondary N) is 1. The van der Waals surface area contributed by atoms with Crippen LogP contribution >= 0.6 is 0 Å². The van der Waals surface area contributed by atoms with Crippen LogP contribution in [0.5, 0.6) is 0 Å². The Kier molecular flexibility index (Phi) is 4.82. The molecule has 0 bridgehead atoms. The van der Waals surface area contributed by atoms with E-state index in [9.17, 15) is 8.42 Å². The maximum atomic E-state index is 12.5. The number of sulfonamides is 1. The molecular formula is C20H16N2O2S. The highest BCUT2D eigenvalue weighted by atomic mass is 32.2. The van der Waals surface area contributed by atoms with E-state index in [1.807, 2.05) is 37.3 Å². The first-order chi connectivity index (χ1) is 12.0. The molecule has 0 unspecified atom stereocenters. The molecule has 1 heterocycles. The number of aromatic nitrogens is 1. The predicted molar refractivity (Wildman–Crippen MR) is 98.6 cm³/mol. The number of anilines is 1. The average molecular weight is 348 g/mol. The number of benzene rings is 2. The van der Waals surface area contributed by atoms with Crippen molar-refractivity contribution in [1.82, 2.24) is 4.98 Å². The quantitative estimate of drug-likeness (QED) is 0.736. The van der Waals surface area contributed by atoms with E-state index in [1.54, 1.807) is 36.4 Å². The molecule has 3 aromatic rings. The van der Waals surface area contributed by atoms with E-state index < -0.39 is 10.0 Å². The van der Waals surface area contributed by atoms with Gasteiger partial charge in [-0.1, -0.05) is 47.7 Å². The van der Waals surface area contributed by atoms with Crippen LogP contribution < -0.4 is 4.72 Å². The van der Waals surface area contributed by atoms with Crippen LogP contribution in [0.4, 0.5) is 5.82 Å². The number of hydrogen-bond acceptors (Lipinski definition) is 3. The number of aryl methyl sites for hydroxylation is 1. The van der Waals surface area contributed by atoms with Crippen molar-refractivity contribution in [2.24, 2.45) is 0 Å². The molecule has 0 atom stereocenters. The van der Waals surface area contributed by atoms with Crippen LogP contribution in [-0.2, 0) is 10.0 Å². The van der Waals surface area contributed by atoms with E-state index in [2.05, 4.69) is 21.5 Å². The van der Waals surface area contributed by atoms with Crippen molar-refractivity contribution in [2.45, 2.75) is 11.8 Å². The van der Waals surface area contributed by atoms with E-state index in [4.69, 9.17) is 0 Å². The summed E-state index contributed by atoms with van der Waals surface area (Å²) < 4.78 is 27.6. The van der Waals surface area contributed by atoms with Gasteiger partial charge in [-0.05, 0) is 43.3 Å². The van der Waals surface area contributed by atoms with Crippen molar-refractivity contribution in [3.63, 3.8) is 0 Å². The zero-order valence-corrected chi connectivity index (χ0v) is 14.4. The lowest BCUT2D eigenvalue weighted by atomic mass is 10.2. The van der Waals surface area contributed by atoms with Gasteiger partial charge < -0.3 is 0 Å². The van der Waals surface area contributed by atoms with Gasteiger partial charge in [0.15, 0.2) is 5.82 Å². The van der Waals surface area contributed by atoms with E-state index in [1.165, 1.54) is 6.20 Å². The maximum Gasteiger partial charge on any atom is 0.263 e. The molecule has 5 heteroatoms. The molecule has 0 amide bonds. The minimum absolute atomic E-state index is 0.186. The molecule has 0 aliphatic heterocycles. The van der Waals surface area contributed by atoms with Crippen molar-refractivity contribution in [3.05, 3.63) is 89.6 Å².